The molecule has 0 radical (unpaired) electrons. The van der Waals surface area contributed by atoms with Gasteiger partial charge in [-0.25, -0.2) is 0 Å². The van der Waals surface area contributed by atoms with E-state index in [1.807, 2.05) is 24.3 Å². The molecule has 0 bridgehead atoms. The lowest BCUT2D eigenvalue weighted by atomic mass is 10.0. The number of aromatic nitrogens is 1. The first kappa shape index (κ1) is 24.7. The lowest BCUT2D eigenvalue weighted by Crippen LogP contribution is -2.16. The van der Waals surface area contributed by atoms with E-state index in [0.717, 1.165) is 43.3 Å². The van der Waals surface area contributed by atoms with Gasteiger partial charge in [0.2, 0.25) is 5.91 Å². The number of fused-ring (bicyclic) bond motifs is 1. The van der Waals surface area contributed by atoms with Crippen LogP contribution in [0.5, 0.6) is 11.5 Å². The van der Waals surface area contributed by atoms with Gasteiger partial charge in [0.05, 0.1) is 11.2 Å². The van der Waals surface area contributed by atoms with Crippen molar-refractivity contribution >= 4 is 16.8 Å². The van der Waals surface area contributed by atoms with E-state index >= 15 is 0 Å². The molecule has 0 atom stereocenters. The summed E-state index contributed by atoms with van der Waals surface area (Å²) in [7, 11) is 1.69. The molecule has 1 aromatic heterocycles. The minimum Gasteiger partial charge on any atom is -0.508 e. The van der Waals surface area contributed by atoms with Gasteiger partial charge in [-0.2, -0.15) is 0 Å². The number of benzene rings is 2. The highest BCUT2D eigenvalue weighted by Gasteiger charge is 2.18. The Morgan fingerprint density at radius 1 is 0.848 bits per heavy atom. The molecule has 3 aromatic rings. The van der Waals surface area contributed by atoms with Crippen LogP contribution < -0.4 is 5.32 Å². The maximum atomic E-state index is 11.2. The van der Waals surface area contributed by atoms with E-state index in [1.54, 1.807) is 25.2 Å². The van der Waals surface area contributed by atoms with E-state index in [4.69, 9.17) is 0 Å². The standard InChI is InChI=1S/C28H38N2O3/c1-3-24-25-18-17-23(32)20-26(25)30(28(24)21-13-15-22(31)16-14-21)19-11-9-7-5-4-6-8-10-12-27(33)29-2/h13-18,20,31-32H,3-12,19H2,1-2H3,(H,29,33). The molecular formula is C28H38N2O3. The summed E-state index contributed by atoms with van der Waals surface area (Å²) < 4.78 is 2.35. The second kappa shape index (κ2) is 12.3. The molecule has 3 rings (SSSR count). The van der Waals surface area contributed by atoms with Crippen LogP contribution in [0.25, 0.3) is 22.2 Å². The van der Waals surface area contributed by atoms with Gasteiger partial charge in [-0.1, -0.05) is 45.4 Å². The van der Waals surface area contributed by atoms with Gasteiger partial charge in [0, 0.05) is 31.5 Å². The van der Waals surface area contributed by atoms with Crippen molar-refractivity contribution in [3.05, 3.63) is 48.0 Å². The van der Waals surface area contributed by atoms with Crippen LogP contribution in [0.2, 0.25) is 0 Å². The van der Waals surface area contributed by atoms with Crippen molar-refractivity contribution in [3.8, 4) is 22.8 Å². The Kier molecular flexibility index (Phi) is 9.23. The smallest absolute Gasteiger partial charge is 0.219 e. The lowest BCUT2D eigenvalue weighted by Gasteiger charge is -2.13. The topological polar surface area (TPSA) is 74.5 Å². The minimum atomic E-state index is 0.138. The van der Waals surface area contributed by atoms with Crippen molar-refractivity contribution in [2.45, 2.75) is 77.7 Å². The first-order valence-electron chi connectivity index (χ1n) is 12.4. The third-order valence-electron chi connectivity index (χ3n) is 6.46. The number of nitrogens with zero attached hydrogens (tertiary/aromatic N) is 1. The summed E-state index contributed by atoms with van der Waals surface area (Å²) in [6, 6.07) is 13.1. The summed E-state index contributed by atoms with van der Waals surface area (Å²) in [5, 5.41) is 23.7. The predicted octanol–water partition coefficient (Wildman–Crippen LogP) is 6.54. The number of phenols is 2. The zero-order chi connectivity index (χ0) is 23.6. The first-order valence-corrected chi connectivity index (χ1v) is 12.4. The van der Waals surface area contributed by atoms with Crippen LogP contribution in [-0.4, -0.2) is 27.7 Å². The Morgan fingerprint density at radius 3 is 2.09 bits per heavy atom. The van der Waals surface area contributed by atoms with E-state index in [1.165, 1.54) is 48.7 Å². The van der Waals surface area contributed by atoms with E-state index in [0.29, 0.717) is 6.42 Å². The van der Waals surface area contributed by atoms with Gasteiger partial charge >= 0.3 is 0 Å². The molecule has 0 spiro atoms. The number of carbonyl (C=O) groups excluding carboxylic acids is 1. The van der Waals surface area contributed by atoms with Gasteiger partial charge in [-0.05, 0) is 66.8 Å². The molecule has 0 aliphatic heterocycles. The van der Waals surface area contributed by atoms with Gasteiger partial charge in [0.25, 0.3) is 0 Å². The molecule has 1 amide bonds. The lowest BCUT2D eigenvalue weighted by molar-refractivity contribution is -0.120. The van der Waals surface area contributed by atoms with E-state index in [2.05, 4.69) is 16.8 Å². The van der Waals surface area contributed by atoms with Crippen LogP contribution in [0.4, 0.5) is 0 Å². The average Bonchev–Trinajstić information content (AvgIpc) is 3.13. The minimum absolute atomic E-state index is 0.138. The van der Waals surface area contributed by atoms with Crippen LogP contribution in [0.3, 0.4) is 0 Å². The van der Waals surface area contributed by atoms with Crippen LogP contribution >= 0.6 is 0 Å². The summed E-state index contributed by atoms with van der Waals surface area (Å²) in [5.41, 5.74) is 4.64. The van der Waals surface area contributed by atoms with E-state index in [9.17, 15) is 15.0 Å². The molecule has 0 aliphatic carbocycles. The number of aryl methyl sites for hydroxylation is 2. The first-order chi connectivity index (χ1) is 16.0. The summed E-state index contributed by atoms with van der Waals surface area (Å²) in [5.74, 6) is 0.696. The summed E-state index contributed by atoms with van der Waals surface area (Å²) in [4.78, 5) is 11.2. The monoisotopic (exact) mass is 450 g/mol. The number of rotatable bonds is 13. The van der Waals surface area contributed by atoms with Crippen LogP contribution in [0, 0.1) is 0 Å². The number of phenolic OH excluding ortho intramolecular Hbond substituents is 2. The number of aromatic hydroxyl groups is 2. The van der Waals surface area contributed by atoms with Crippen LogP contribution in [-0.2, 0) is 17.8 Å². The van der Waals surface area contributed by atoms with Crippen molar-refractivity contribution < 1.29 is 15.0 Å². The zero-order valence-corrected chi connectivity index (χ0v) is 20.1. The zero-order valence-electron chi connectivity index (χ0n) is 20.1. The van der Waals surface area contributed by atoms with Gasteiger partial charge in [-0.3, -0.25) is 4.79 Å². The SMILES string of the molecule is CCc1c(-c2ccc(O)cc2)n(CCCCCCCCCCC(=O)NC)c2cc(O)ccc12. The second-order valence-electron chi connectivity index (χ2n) is 8.83. The predicted molar refractivity (Wildman–Crippen MR) is 136 cm³/mol. The quantitative estimate of drug-likeness (QED) is 0.259. The average molecular weight is 451 g/mol. The molecule has 0 aliphatic rings. The Balaban J connectivity index is 1.60. The van der Waals surface area contributed by atoms with E-state index < -0.39 is 0 Å². The summed E-state index contributed by atoms with van der Waals surface area (Å²) in [6.45, 7) is 3.08. The number of amides is 1. The van der Waals surface area contributed by atoms with Crippen molar-refractivity contribution in [2.24, 2.45) is 0 Å². The third-order valence-corrected chi connectivity index (χ3v) is 6.46. The largest absolute Gasteiger partial charge is 0.508 e. The third kappa shape index (κ3) is 6.53. The van der Waals surface area contributed by atoms with Gasteiger partial charge in [0.15, 0.2) is 0 Å². The molecule has 33 heavy (non-hydrogen) atoms. The van der Waals surface area contributed by atoms with Crippen molar-refractivity contribution in [3.63, 3.8) is 0 Å². The van der Waals surface area contributed by atoms with Crippen molar-refractivity contribution in [1.29, 1.82) is 0 Å². The van der Waals surface area contributed by atoms with Gasteiger partial charge < -0.3 is 20.1 Å². The molecule has 0 unspecified atom stereocenters. The van der Waals surface area contributed by atoms with Gasteiger partial charge in [0.1, 0.15) is 11.5 Å². The molecule has 178 valence electrons. The maximum Gasteiger partial charge on any atom is 0.219 e. The Morgan fingerprint density at radius 2 is 1.45 bits per heavy atom. The van der Waals surface area contributed by atoms with Crippen LogP contribution in [0.15, 0.2) is 42.5 Å². The Labute approximate surface area is 197 Å². The Bertz CT molecular complexity index is 1040. The normalized spacial score (nSPS) is 11.2. The molecule has 5 heteroatoms. The van der Waals surface area contributed by atoms with Crippen molar-refractivity contribution in [2.75, 3.05) is 7.05 Å². The fourth-order valence-electron chi connectivity index (χ4n) is 4.69. The number of hydrogen-bond donors (Lipinski definition) is 3. The maximum absolute atomic E-state index is 11.2. The second-order valence-corrected chi connectivity index (χ2v) is 8.83. The Hall–Kier alpha value is -2.95. The molecule has 0 fully saturated rings. The fraction of sp³-hybridized carbons (Fsp3) is 0.464. The number of unbranched alkanes of at least 4 members (excludes halogenated alkanes) is 7. The summed E-state index contributed by atoms with van der Waals surface area (Å²) >= 11 is 0. The molecule has 0 saturated carbocycles. The fourth-order valence-corrected chi connectivity index (χ4v) is 4.69. The van der Waals surface area contributed by atoms with Crippen LogP contribution in [0.1, 0.15) is 70.3 Å². The van der Waals surface area contributed by atoms with Crippen molar-refractivity contribution in [1.82, 2.24) is 9.88 Å². The molecule has 1 heterocycles. The molecule has 5 nitrogen and oxygen atoms in total. The van der Waals surface area contributed by atoms with Gasteiger partial charge in [-0.15, -0.1) is 0 Å². The number of carbonyl (C=O) groups is 1. The summed E-state index contributed by atoms with van der Waals surface area (Å²) in [6.07, 6.45) is 10.8. The highest BCUT2D eigenvalue weighted by atomic mass is 16.3. The highest BCUT2D eigenvalue weighted by Crippen LogP contribution is 2.36. The molecular weight excluding hydrogens is 412 g/mol. The highest BCUT2D eigenvalue weighted by molar-refractivity contribution is 5.92. The molecule has 2 aromatic carbocycles. The molecule has 3 N–H and O–H groups in total. The molecule has 0 saturated heterocycles. The van der Waals surface area contributed by atoms with E-state index in [-0.39, 0.29) is 17.4 Å². The number of nitrogens with one attached hydrogen (secondary N) is 1. The number of hydrogen-bond acceptors (Lipinski definition) is 3.